The van der Waals surface area contributed by atoms with Gasteiger partial charge in [-0.25, -0.2) is 4.39 Å². The smallest absolute Gasteiger partial charge is 0.272 e. The van der Waals surface area contributed by atoms with E-state index in [1.165, 1.54) is 12.1 Å². The van der Waals surface area contributed by atoms with Gasteiger partial charge in [0.15, 0.2) is 0 Å². The number of carbonyl (C=O) groups excluding carboxylic acids is 1. The van der Waals surface area contributed by atoms with E-state index in [-0.39, 0.29) is 10.9 Å². The lowest BCUT2D eigenvalue weighted by atomic mass is 10.3. The highest BCUT2D eigenvalue weighted by molar-refractivity contribution is 6.33. The van der Waals surface area contributed by atoms with Crippen LogP contribution in [0, 0.1) is 5.82 Å². The monoisotopic (exact) mass is 267 g/mol. The van der Waals surface area contributed by atoms with Crippen molar-refractivity contribution in [2.45, 2.75) is 0 Å². The minimum Gasteiger partial charge on any atom is -0.397 e. The number of amides is 1. The molecular formula is C12H11ClFN3O. The Labute approximate surface area is 108 Å². The Balaban J connectivity index is 2.24. The van der Waals surface area contributed by atoms with Gasteiger partial charge >= 0.3 is 0 Å². The molecule has 0 unspecified atom stereocenters. The van der Waals surface area contributed by atoms with Crippen molar-refractivity contribution in [2.75, 3.05) is 11.1 Å². The Morgan fingerprint density at radius 1 is 1.44 bits per heavy atom. The van der Waals surface area contributed by atoms with Crippen LogP contribution >= 0.6 is 11.6 Å². The summed E-state index contributed by atoms with van der Waals surface area (Å²) in [5.41, 5.74) is 6.82. The topological polar surface area (TPSA) is 60.0 Å². The highest BCUT2D eigenvalue weighted by atomic mass is 35.5. The summed E-state index contributed by atoms with van der Waals surface area (Å²) in [6, 6.07) is 5.31. The van der Waals surface area contributed by atoms with Gasteiger partial charge in [-0.05, 0) is 24.3 Å². The van der Waals surface area contributed by atoms with Crippen LogP contribution in [-0.4, -0.2) is 10.5 Å². The van der Waals surface area contributed by atoms with Crippen molar-refractivity contribution in [3.05, 3.63) is 47.0 Å². The first-order valence-electron chi connectivity index (χ1n) is 5.15. The standard InChI is InChI=1S/C12H11ClFN3O/c1-17-6-8(15)5-11(17)12(18)16-10-3-2-7(14)4-9(10)13/h2-6H,15H2,1H3,(H,16,18). The SMILES string of the molecule is Cn1cc(N)cc1C(=O)Nc1ccc(F)cc1Cl. The number of hydrogen-bond acceptors (Lipinski definition) is 2. The molecule has 1 heterocycles. The highest BCUT2D eigenvalue weighted by Gasteiger charge is 2.12. The maximum absolute atomic E-state index is 12.9. The molecule has 0 saturated heterocycles. The number of nitrogens with one attached hydrogen (secondary N) is 1. The van der Waals surface area contributed by atoms with Gasteiger partial charge < -0.3 is 15.6 Å². The van der Waals surface area contributed by atoms with E-state index >= 15 is 0 Å². The first-order chi connectivity index (χ1) is 8.47. The van der Waals surface area contributed by atoms with Gasteiger partial charge in [0.05, 0.1) is 16.4 Å². The molecular weight excluding hydrogens is 257 g/mol. The van der Waals surface area contributed by atoms with Gasteiger partial charge in [0.25, 0.3) is 5.91 Å². The molecule has 2 aromatic rings. The van der Waals surface area contributed by atoms with Crippen LogP contribution in [0.2, 0.25) is 5.02 Å². The lowest BCUT2D eigenvalue weighted by Crippen LogP contribution is -2.15. The molecule has 0 saturated carbocycles. The van der Waals surface area contributed by atoms with E-state index in [1.54, 1.807) is 23.9 Å². The molecule has 6 heteroatoms. The fraction of sp³-hybridized carbons (Fsp3) is 0.0833. The zero-order valence-electron chi connectivity index (χ0n) is 9.58. The van der Waals surface area contributed by atoms with Crippen molar-refractivity contribution < 1.29 is 9.18 Å². The summed E-state index contributed by atoms with van der Waals surface area (Å²) in [5.74, 6) is -0.816. The first-order valence-corrected chi connectivity index (χ1v) is 5.53. The average molecular weight is 268 g/mol. The second-order valence-corrected chi connectivity index (χ2v) is 4.26. The van der Waals surface area contributed by atoms with E-state index in [4.69, 9.17) is 17.3 Å². The van der Waals surface area contributed by atoms with Crippen molar-refractivity contribution in [1.82, 2.24) is 4.57 Å². The summed E-state index contributed by atoms with van der Waals surface area (Å²) >= 11 is 5.82. The lowest BCUT2D eigenvalue weighted by molar-refractivity contribution is 0.101. The normalized spacial score (nSPS) is 10.4. The third kappa shape index (κ3) is 2.46. The van der Waals surface area contributed by atoms with Crippen LogP contribution in [-0.2, 0) is 7.05 Å². The Bertz CT molecular complexity index is 609. The molecule has 3 N–H and O–H groups in total. The number of carbonyl (C=O) groups is 1. The van der Waals surface area contributed by atoms with Crippen LogP contribution in [0.4, 0.5) is 15.8 Å². The van der Waals surface area contributed by atoms with Crippen molar-refractivity contribution in [3.63, 3.8) is 0 Å². The van der Waals surface area contributed by atoms with Gasteiger partial charge in [-0.2, -0.15) is 0 Å². The lowest BCUT2D eigenvalue weighted by Gasteiger charge is -2.07. The quantitative estimate of drug-likeness (QED) is 0.879. The van der Waals surface area contributed by atoms with Crippen LogP contribution < -0.4 is 11.1 Å². The summed E-state index contributed by atoms with van der Waals surface area (Å²) in [7, 11) is 1.71. The highest BCUT2D eigenvalue weighted by Crippen LogP contribution is 2.23. The maximum atomic E-state index is 12.9. The largest absolute Gasteiger partial charge is 0.397 e. The number of anilines is 2. The van der Waals surface area contributed by atoms with Crippen molar-refractivity contribution in [3.8, 4) is 0 Å². The fourth-order valence-electron chi connectivity index (χ4n) is 1.59. The van der Waals surface area contributed by atoms with Crippen LogP contribution in [0.3, 0.4) is 0 Å². The first kappa shape index (κ1) is 12.4. The molecule has 0 aliphatic carbocycles. The molecule has 94 valence electrons. The predicted molar refractivity (Wildman–Crippen MR) is 69.2 cm³/mol. The molecule has 0 aliphatic rings. The van der Waals surface area contributed by atoms with Gasteiger partial charge in [0, 0.05) is 13.2 Å². The molecule has 0 fully saturated rings. The van der Waals surface area contributed by atoms with E-state index in [2.05, 4.69) is 5.32 Å². The summed E-state index contributed by atoms with van der Waals surface area (Å²) in [5, 5.41) is 2.74. The molecule has 0 atom stereocenters. The van der Waals surface area contributed by atoms with Crippen LogP contribution in [0.1, 0.15) is 10.5 Å². The number of nitrogens with two attached hydrogens (primary N) is 1. The second-order valence-electron chi connectivity index (χ2n) is 3.85. The van der Waals surface area contributed by atoms with Crippen molar-refractivity contribution in [2.24, 2.45) is 7.05 Å². The van der Waals surface area contributed by atoms with E-state index < -0.39 is 5.82 Å². The van der Waals surface area contributed by atoms with Gasteiger partial charge in [-0.1, -0.05) is 11.6 Å². The van der Waals surface area contributed by atoms with Crippen molar-refractivity contribution in [1.29, 1.82) is 0 Å². The molecule has 4 nitrogen and oxygen atoms in total. The Kier molecular flexibility index (Phi) is 3.25. The molecule has 0 radical (unpaired) electrons. The number of nitrogens with zero attached hydrogens (tertiary/aromatic N) is 1. The molecule has 1 aromatic carbocycles. The van der Waals surface area contributed by atoms with E-state index in [0.29, 0.717) is 17.1 Å². The Morgan fingerprint density at radius 2 is 2.17 bits per heavy atom. The third-order valence-corrected chi connectivity index (χ3v) is 2.75. The minimum atomic E-state index is -0.457. The molecule has 18 heavy (non-hydrogen) atoms. The number of rotatable bonds is 2. The molecule has 0 aliphatic heterocycles. The number of nitrogen functional groups attached to an aromatic ring is 1. The zero-order chi connectivity index (χ0) is 13.3. The number of aromatic nitrogens is 1. The fourth-order valence-corrected chi connectivity index (χ4v) is 1.81. The number of benzene rings is 1. The van der Waals surface area contributed by atoms with Crippen LogP contribution in [0.25, 0.3) is 0 Å². The Morgan fingerprint density at radius 3 is 2.72 bits per heavy atom. The number of aryl methyl sites for hydroxylation is 1. The molecule has 2 rings (SSSR count). The van der Waals surface area contributed by atoms with E-state index in [9.17, 15) is 9.18 Å². The molecule has 0 bridgehead atoms. The summed E-state index contributed by atoms with van der Waals surface area (Å²) in [4.78, 5) is 11.9. The van der Waals surface area contributed by atoms with E-state index in [0.717, 1.165) is 6.07 Å². The summed E-state index contributed by atoms with van der Waals surface area (Å²) in [6.07, 6.45) is 1.63. The van der Waals surface area contributed by atoms with Crippen molar-refractivity contribution >= 4 is 28.9 Å². The van der Waals surface area contributed by atoms with Gasteiger partial charge in [0.2, 0.25) is 0 Å². The third-order valence-electron chi connectivity index (χ3n) is 2.44. The van der Waals surface area contributed by atoms with Gasteiger partial charge in [0.1, 0.15) is 11.5 Å². The second kappa shape index (κ2) is 4.70. The van der Waals surface area contributed by atoms with Gasteiger partial charge in [-0.3, -0.25) is 4.79 Å². The van der Waals surface area contributed by atoms with Gasteiger partial charge in [-0.15, -0.1) is 0 Å². The molecule has 1 aromatic heterocycles. The molecule has 0 spiro atoms. The predicted octanol–water partition coefficient (Wildman–Crippen LogP) is 2.65. The zero-order valence-corrected chi connectivity index (χ0v) is 10.3. The number of halogens is 2. The number of hydrogen-bond donors (Lipinski definition) is 2. The van der Waals surface area contributed by atoms with E-state index in [1.807, 2.05) is 0 Å². The minimum absolute atomic E-state index is 0.144. The average Bonchev–Trinajstić information content (AvgIpc) is 2.62. The maximum Gasteiger partial charge on any atom is 0.272 e. The van der Waals surface area contributed by atoms with Crippen LogP contribution in [0.5, 0.6) is 0 Å². The summed E-state index contributed by atoms with van der Waals surface area (Å²) in [6.45, 7) is 0. The molecule has 1 amide bonds. The summed E-state index contributed by atoms with van der Waals surface area (Å²) < 4.78 is 14.5. The van der Waals surface area contributed by atoms with Crippen LogP contribution in [0.15, 0.2) is 30.5 Å². The Hall–Kier alpha value is -2.01.